The van der Waals surface area contributed by atoms with Crippen LogP contribution in [0.15, 0.2) is 17.6 Å². The Morgan fingerprint density at radius 1 is 1.59 bits per heavy atom. The standard InChI is InChI=1S/C11H21N3O2.ClH/c1-10(2)4-7-16-9-14-6-5-13(3)11(14)8-12-15;/h5-6,8,10-11,15H,4,7,9H2,1-3H3;1H/b12-8-;. The molecular weight excluding hydrogens is 242 g/mol. The molecule has 6 heteroatoms. The highest BCUT2D eigenvalue weighted by atomic mass is 35.5. The molecule has 2 unspecified atom stereocenters. The molecule has 0 spiro atoms. The van der Waals surface area contributed by atoms with Gasteiger partial charge in [-0.15, -0.1) is 0 Å². The second kappa shape index (κ2) is 8.33. The number of ether oxygens (including phenoxy) is 1. The van der Waals surface area contributed by atoms with Crippen LogP contribution in [0, 0.1) is 5.92 Å². The zero-order chi connectivity index (χ0) is 12.0. The summed E-state index contributed by atoms with van der Waals surface area (Å²) < 4.78 is 5.60. The van der Waals surface area contributed by atoms with Crippen LogP contribution in [-0.2, 0) is 4.74 Å². The van der Waals surface area contributed by atoms with Crippen LogP contribution in [0.2, 0.25) is 0 Å². The molecule has 0 bridgehead atoms. The maximum atomic E-state index is 8.57. The van der Waals surface area contributed by atoms with Gasteiger partial charge in [0.1, 0.15) is 12.4 Å². The minimum atomic E-state index is 0. The molecule has 2 N–H and O–H groups in total. The molecule has 5 nitrogen and oxygen atoms in total. The molecule has 0 aromatic rings. The molecule has 0 amide bonds. The molecule has 0 radical (unpaired) electrons. The van der Waals surface area contributed by atoms with Crippen LogP contribution in [-0.4, -0.2) is 42.9 Å². The van der Waals surface area contributed by atoms with E-state index < -0.39 is 0 Å². The van der Waals surface area contributed by atoms with Crippen LogP contribution in [0.4, 0.5) is 0 Å². The summed E-state index contributed by atoms with van der Waals surface area (Å²) in [6.45, 7) is 5.74. The molecule has 2 atom stereocenters. The molecule has 100 valence electrons. The van der Waals surface area contributed by atoms with Crippen molar-refractivity contribution in [1.82, 2.24) is 4.90 Å². The zero-order valence-electron chi connectivity index (χ0n) is 10.6. The predicted octanol–water partition coefficient (Wildman–Crippen LogP) is -2.90. The van der Waals surface area contributed by atoms with Gasteiger partial charge in [-0.2, -0.15) is 0 Å². The molecule has 1 heterocycles. The molecule has 1 aliphatic heterocycles. The highest BCUT2D eigenvalue weighted by molar-refractivity contribution is 5.61. The van der Waals surface area contributed by atoms with E-state index in [1.54, 1.807) is 0 Å². The normalized spacial score (nSPS) is 23.6. The van der Waals surface area contributed by atoms with Gasteiger partial charge >= 0.3 is 0 Å². The van der Waals surface area contributed by atoms with Crippen LogP contribution in [0.1, 0.15) is 20.3 Å². The Bertz CT molecular complexity index is 259. The van der Waals surface area contributed by atoms with E-state index in [4.69, 9.17) is 9.94 Å². The molecule has 0 fully saturated rings. The monoisotopic (exact) mass is 263 g/mol. The number of nitrogens with zero attached hydrogens (tertiary/aromatic N) is 2. The van der Waals surface area contributed by atoms with E-state index in [2.05, 4.69) is 19.0 Å². The average molecular weight is 264 g/mol. The van der Waals surface area contributed by atoms with Gasteiger partial charge in [-0.3, -0.25) is 4.90 Å². The van der Waals surface area contributed by atoms with Crippen LogP contribution < -0.4 is 17.3 Å². The van der Waals surface area contributed by atoms with Gasteiger partial charge in [0.15, 0.2) is 6.73 Å². The van der Waals surface area contributed by atoms with Crippen LogP contribution in [0.3, 0.4) is 0 Å². The summed E-state index contributed by atoms with van der Waals surface area (Å²) in [6, 6.07) is 0. The second-order valence-corrected chi connectivity index (χ2v) is 4.50. The van der Waals surface area contributed by atoms with E-state index in [1.807, 2.05) is 24.3 Å². The molecular formula is C11H22ClN3O2. The van der Waals surface area contributed by atoms with Gasteiger partial charge in [-0.05, 0) is 12.3 Å². The third kappa shape index (κ3) is 5.39. The van der Waals surface area contributed by atoms with Crippen molar-refractivity contribution < 1.29 is 27.3 Å². The number of hydrogen-bond donors (Lipinski definition) is 2. The first-order valence-corrected chi connectivity index (χ1v) is 5.66. The van der Waals surface area contributed by atoms with E-state index in [9.17, 15) is 0 Å². The minimum absolute atomic E-state index is 0. The Labute approximate surface area is 109 Å². The van der Waals surface area contributed by atoms with Gasteiger partial charge in [0.2, 0.25) is 6.17 Å². The van der Waals surface area contributed by atoms with Gasteiger partial charge < -0.3 is 27.3 Å². The third-order valence-electron chi connectivity index (χ3n) is 2.66. The van der Waals surface area contributed by atoms with E-state index in [0.717, 1.165) is 17.9 Å². The molecule has 0 aliphatic carbocycles. The molecule has 0 aromatic carbocycles. The maximum absolute atomic E-state index is 8.57. The Hall–Kier alpha value is -0.780. The molecule has 0 aromatic heterocycles. The fourth-order valence-electron chi connectivity index (χ4n) is 1.57. The highest BCUT2D eigenvalue weighted by Gasteiger charge is 2.27. The van der Waals surface area contributed by atoms with Gasteiger partial charge in [-0.1, -0.05) is 19.0 Å². The second-order valence-electron chi connectivity index (χ2n) is 4.50. The number of nitrogens with one attached hydrogen (secondary N) is 1. The van der Waals surface area contributed by atoms with Gasteiger partial charge in [-0.25, -0.2) is 0 Å². The zero-order valence-corrected chi connectivity index (χ0v) is 11.4. The summed E-state index contributed by atoms with van der Waals surface area (Å²) in [6.07, 6.45) is 6.60. The van der Waals surface area contributed by atoms with Crippen LogP contribution in [0.5, 0.6) is 0 Å². The van der Waals surface area contributed by atoms with Crippen molar-refractivity contribution in [3.8, 4) is 0 Å². The lowest BCUT2D eigenvalue weighted by Gasteiger charge is -2.21. The largest absolute Gasteiger partial charge is 1.00 e. The van der Waals surface area contributed by atoms with Crippen LogP contribution >= 0.6 is 0 Å². The number of rotatable bonds is 6. The average Bonchev–Trinajstić information content (AvgIpc) is 2.56. The van der Waals surface area contributed by atoms with E-state index in [0.29, 0.717) is 12.6 Å². The number of halogens is 1. The lowest BCUT2D eigenvalue weighted by molar-refractivity contribution is -0.885. The van der Waals surface area contributed by atoms with Gasteiger partial charge in [0, 0.05) is 7.05 Å². The molecule has 1 rings (SSSR count). The van der Waals surface area contributed by atoms with Gasteiger partial charge in [0.05, 0.1) is 12.8 Å². The fraction of sp³-hybridized carbons (Fsp3) is 0.727. The summed E-state index contributed by atoms with van der Waals surface area (Å²) >= 11 is 0. The SMILES string of the molecule is CC(C)CCOC[NH+]1C=CN(C)C1/C=N\O.[Cl-]. The summed E-state index contributed by atoms with van der Waals surface area (Å²) in [7, 11) is 1.95. The van der Waals surface area contributed by atoms with Crippen molar-refractivity contribution >= 4 is 6.21 Å². The Balaban J connectivity index is 0.00000256. The first-order chi connectivity index (χ1) is 7.65. The first-order valence-electron chi connectivity index (χ1n) is 5.66. The van der Waals surface area contributed by atoms with Gasteiger partial charge in [0.25, 0.3) is 0 Å². The van der Waals surface area contributed by atoms with E-state index >= 15 is 0 Å². The quantitative estimate of drug-likeness (QED) is 0.234. The van der Waals surface area contributed by atoms with Crippen molar-refractivity contribution in [3.05, 3.63) is 12.4 Å². The van der Waals surface area contributed by atoms with Crippen molar-refractivity contribution in [1.29, 1.82) is 0 Å². The summed E-state index contributed by atoms with van der Waals surface area (Å²) in [5.74, 6) is 0.668. The predicted molar refractivity (Wildman–Crippen MR) is 62.2 cm³/mol. The number of hydrogen-bond acceptors (Lipinski definition) is 4. The third-order valence-corrected chi connectivity index (χ3v) is 2.66. The maximum Gasteiger partial charge on any atom is 0.209 e. The Kier molecular flexibility index (Phi) is 7.95. The highest BCUT2D eigenvalue weighted by Crippen LogP contribution is 1.98. The lowest BCUT2D eigenvalue weighted by Crippen LogP contribution is -3.12. The lowest BCUT2D eigenvalue weighted by atomic mass is 10.1. The number of oxime groups is 1. The summed E-state index contributed by atoms with van der Waals surface area (Å²) in [5, 5.41) is 11.7. The number of quaternary nitrogens is 1. The topological polar surface area (TPSA) is 49.5 Å². The summed E-state index contributed by atoms with van der Waals surface area (Å²) in [4.78, 5) is 3.12. The van der Waals surface area contributed by atoms with Crippen molar-refractivity contribution in [2.45, 2.75) is 26.4 Å². The van der Waals surface area contributed by atoms with Crippen molar-refractivity contribution in [2.75, 3.05) is 20.4 Å². The smallest absolute Gasteiger partial charge is 0.209 e. The molecule has 1 aliphatic rings. The Morgan fingerprint density at radius 2 is 2.29 bits per heavy atom. The molecule has 0 saturated carbocycles. The molecule has 17 heavy (non-hydrogen) atoms. The minimum Gasteiger partial charge on any atom is -1.00 e. The fourth-order valence-corrected chi connectivity index (χ4v) is 1.57. The molecule has 0 saturated heterocycles. The van der Waals surface area contributed by atoms with Crippen LogP contribution in [0.25, 0.3) is 0 Å². The summed E-state index contributed by atoms with van der Waals surface area (Å²) in [5.41, 5.74) is 0. The Morgan fingerprint density at radius 3 is 2.88 bits per heavy atom. The van der Waals surface area contributed by atoms with Crippen molar-refractivity contribution in [3.63, 3.8) is 0 Å². The van der Waals surface area contributed by atoms with Crippen molar-refractivity contribution in [2.24, 2.45) is 11.1 Å². The van der Waals surface area contributed by atoms with E-state index in [1.165, 1.54) is 6.21 Å². The van der Waals surface area contributed by atoms with E-state index in [-0.39, 0.29) is 18.6 Å². The first kappa shape index (κ1) is 16.2.